The summed E-state index contributed by atoms with van der Waals surface area (Å²) in [4.78, 5) is 60.1. The van der Waals surface area contributed by atoms with Crippen LogP contribution in [0.1, 0.15) is 37.8 Å². The van der Waals surface area contributed by atoms with E-state index >= 15 is 0 Å². The Morgan fingerprint density at radius 1 is 1.32 bits per heavy atom. The number of pyridine rings is 1. The molecule has 0 aromatic carbocycles. The zero-order valence-electron chi connectivity index (χ0n) is 21.1. The number of nitrogens with one attached hydrogen (secondary N) is 1. The van der Waals surface area contributed by atoms with Crippen molar-refractivity contribution < 1.29 is 19.1 Å². The Labute approximate surface area is 224 Å². The van der Waals surface area contributed by atoms with Gasteiger partial charge < -0.3 is 15.0 Å². The Hall–Kier alpha value is -3.25. The second-order valence-electron chi connectivity index (χ2n) is 9.39. The van der Waals surface area contributed by atoms with E-state index in [4.69, 9.17) is 21.9 Å². The minimum atomic E-state index is -0.923. The number of amides is 2. The molecule has 2 aromatic heterocycles. The number of fused-ring (bicyclic) bond motifs is 1. The molecule has 2 amide bonds. The lowest BCUT2D eigenvalue weighted by Gasteiger charge is -2.36. The molecule has 37 heavy (non-hydrogen) atoms. The molecule has 0 radical (unpaired) electrons. The maximum atomic E-state index is 13.8. The van der Waals surface area contributed by atoms with Gasteiger partial charge in [0.2, 0.25) is 5.91 Å². The molecule has 0 saturated carbocycles. The molecule has 4 rings (SSSR count). The third-order valence-corrected chi connectivity index (χ3v) is 7.63. The van der Waals surface area contributed by atoms with Gasteiger partial charge in [0.1, 0.15) is 21.8 Å². The molecule has 0 spiro atoms. The minimum Gasteiger partial charge on any atom is -0.469 e. The van der Waals surface area contributed by atoms with Crippen LogP contribution in [0.5, 0.6) is 0 Å². The van der Waals surface area contributed by atoms with Gasteiger partial charge in [-0.25, -0.2) is 4.98 Å². The van der Waals surface area contributed by atoms with Gasteiger partial charge in [0.05, 0.1) is 24.0 Å². The molecule has 1 unspecified atom stereocenters. The van der Waals surface area contributed by atoms with Crippen LogP contribution >= 0.6 is 24.0 Å². The van der Waals surface area contributed by atoms with E-state index in [0.717, 1.165) is 23.7 Å². The minimum absolute atomic E-state index is 0.150. The lowest BCUT2D eigenvalue weighted by Crippen LogP contribution is -2.57. The molecule has 2 aliphatic rings. The fraction of sp³-hybridized carbons (Fsp3) is 0.440. The van der Waals surface area contributed by atoms with Crippen LogP contribution in [-0.2, 0) is 19.1 Å². The fourth-order valence-corrected chi connectivity index (χ4v) is 5.51. The lowest BCUT2D eigenvalue weighted by atomic mass is 10.1. The largest absolute Gasteiger partial charge is 0.469 e. The molecule has 0 bridgehead atoms. The standard InChI is InChI=1S/C25H29N5O5S2/c1-14(2)7-9-29-24(34)18(37-25(29)36)11-16-21(27-19-6-5-15(3)13-30(19)23(16)33)28-10-8-26-22(32)17(28)12-20(31)35-4/h5-6,11,13-14,17H,7-10,12H2,1-4H3,(H,26,32). The summed E-state index contributed by atoms with van der Waals surface area (Å²) in [5.41, 5.74) is 1.00. The molecule has 2 fully saturated rings. The number of thioether (sulfide) groups is 1. The molecule has 12 heteroatoms. The van der Waals surface area contributed by atoms with Gasteiger partial charge in [0.25, 0.3) is 11.5 Å². The van der Waals surface area contributed by atoms with Crippen LogP contribution in [0.25, 0.3) is 11.7 Å². The van der Waals surface area contributed by atoms with Gasteiger partial charge in [0.15, 0.2) is 0 Å². The summed E-state index contributed by atoms with van der Waals surface area (Å²) >= 11 is 6.59. The number of anilines is 1. The molecule has 0 aliphatic carbocycles. The molecule has 4 heterocycles. The van der Waals surface area contributed by atoms with Crippen molar-refractivity contribution in [2.24, 2.45) is 5.92 Å². The molecule has 10 nitrogen and oxygen atoms in total. The smallest absolute Gasteiger partial charge is 0.308 e. The number of nitrogens with zero attached hydrogens (tertiary/aromatic N) is 4. The van der Waals surface area contributed by atoms with Crippen molar-refractivity contribution in [1.82, 2.24) is 19.6 Å². The van der Waals surface area contributed by atoms with E-state index in [1.807, 2.05) is 13.0 Å². The Kier molecular flexibility index (Phi) is 7.98. The quantitative estimate of drug-likeness (QED) is 0.319. The van der Waals surface area contributed by atoms with Crippen molar-refractivity contribution in [2.45, 2.75) is 39.7 Å². The molecule has 2 saturated heterocycles. The average molecular weight is 544 g/mol. The highest BCUT2D eigenvalue weighted by Gasteiger charge is 2.36. The molecule has 2 aliphatic heterocycles. The van der Waals surface area contributed by atoms with E-state index in [9.17, 15) is 19.2 Å². The summed E-state index contributed by atoms with van der Waals surface area (Å²) in [5.74, 6) is -0.570. The van der Waals surface area contributed by atoms with Gasteiger partial charge in [-0.15, -0.1) is 0 Å². The topological polar surface area (TPSA) is 113 Å². The van der Waals surface area contributed by atoms with Crippen LogP contribution in [0.3, 0.4) is 0 Å². The number of thiocarbonyl (C=S) groups is 1. The first-order valence-electron chi connectivity index (χ1n) is 12.0. The number of carbonyl (C=O) groups excluding carboxylic acids is 3. The van der Waals surface area contributed by atoms with E-state index in [1.54, 1.807) is 22.1 Å². The van der Waals surface area contributed by atoms with Crippen LogP contribution in [0.4, 0.5) is 5.82 Å². The summed E-state index contributed by atoms with van der Waals surface area (Å²) in [6.45, 7) is 7.13. The highest BCUT2D eigenvalue weighted by atomic mass is 32.2. The number of esters is 1. The van der Waals surface area contributed by atoms with Gasteiger partial charge in [-0.05, 0) is 37.0 Å². The Bertz CT molecular complexity index is 1370. The van der Waals surface area contributed by atoms with Crippen molar-refractivity contribution in [3.8, 4) is 0 Å². The predicted octanol–water partition coefficient (Wildman–Crippen LogP) is 2.12. The van der Waals surface area contributed by atoms with Gasteiger partial charge in [0, 0.05) is 25.8 Å². The van der Waals surface area contributed by atoms with E-state index in [-0.39, 0.29) is 35.2 Å². The van der Waals surface area contributed by atoms with E-state index in [2.05, 4.69) is 19.2 Å². The maximum Gasteiger partial charge on any atom is 0.308 e. The molecule has 1 N–H and O–H groups in total. The molecular weight excluding hydrogens is 514 g/mol. The number of methoxy groups -OCH3 is 1. The summed E-state index contributed by atoms with van der Waals surface area (Å²) < 4.78 is 6.65. The predicted molar refractivity (Wildman–Crippen MR) is 146 cm³/mol. The van der Waals surface area contributed by atoms with Crippen LogP contribution in [-0.4, -0.2) is 69.2 Å². The molecule has 2 aromatic rings. The van der Waals surface area contributed by atoms with E-state index < -0.39 is 12.0 Å². The normalized spacial score (nSPS) is 19.3. The zero-order valence-corrected chi connectivity index (χ0v) is 22.8. The van der Waals surface area contributed by atoms with Crippen molar-refractivity contribution >= 4 is 63.6 Å². The van der Waals surface area contributed by atoms with Gasteiger partial charge >= 0.3 is 5.97 Å². The van der Waals surface area contributed by atoms with Crippen molar-refractivity contribution in [3.63, 3.8) is 0 Å². The van der Waals surface area contributed by atoms with E-state index in [1.165, 1.54) is 17.6 Å². The number of ether oxygens (including phenoxy) is 1. The second-order valence-corrected chi connectivity index (χ2v) is 11.1. The van der Waals surface area contributed by atoms with Gasteiger partial charge in [-0.1, -0.05) is 43.9 Å². The maximum absolute atomic E-state index is 13.8. The van der Waals surface area contributed by atoms with Crippen LogP contribution < -0.4 is 15.8 Å². The summed E-state index contributed by atoms with van der Waals surface area (Å²) in [6, 6.07) is 2.63. The number of carbonyl (C=O) groups is 3. The second kappa shape index (κ2) is 11.0. The Balaban J connectivity index is 1.86. The number of hydrogen-bond acceptors (Lipinski definition) is 9. The summed E-state index contributed by atoms with van der Waals surface area (Å²) in [6.07, 6.45) is 3.76. The Morgan fingerprint density at radius 2 is 2.08 bits per heavy atom. The molecular formula is C25H29N5O5S2. The summed E-state index contributed by atoms with van der Waals surface area (Å²) in [7, 11) is 1.25. The number of rotatable bonds is 7. The van der Waals surface area contributed by atoms with Crippen molar-refractivity contribution in [2.75, 3.05) is 31.6 Å². The number of piperazine rings is 1. The highest BCUT2D eigenvalue weighted by Crippen LogP contribution is 2.34. The monoisotopic (exact) mass is 543 g/mol. The lowest BCUT2D eigenvalue weighted by molar-refractivity contribution is -0.143. The average Bonchev–Trinajstić information content (AvgIpc) is 3.12. The van der Waals surface area contributed by atoms with E-state index in [0.29, 0.717) is 40.4 Å². The van der Waals surface area contributed by atoms with Crippen LogP contribution in [0.2, 0.25) is 0 Å². The van der Waals surface area contributed by atoms with Crippen molar-refractivity contribution in [1.29, 1.82) is 0 Å². The first kappa shape index (κ1) is 26.8. The summed E-state index contributed by atoms with van der Waals surface area (Å²) in [5, 5.41) is 2.76. The first-order chi connectivity index (χ1) is 17.6. The third kappa shape index (κ3) is 5.54. The van der Waals surface area contributed by atoms with Crippen molar-refractivity contribution in [3.05, 3.63) is 44.7 Å². The number of hydrogen-bond donors (Lipinski definition) is 1. The zero-order chi connectivity index (χ0) is 26.9. The van der Waals surface area contributed by atoms with Crippen LogP contribution in [0.15, 0.2) is 28.0 Å². The SMILES string of the molecule is COC(=O)CC1C(=O)NCCN1c1nc2ccc(C)cn2c(=O)c1C=C1SC(=S)N(CCC(C)C)C1=O. The first-order valence-corrected chi connectivity index (χ1v) is 13.2. The Morgan fingerprint density at radius 3 is 2.78 bits per heavy atom. The van der Waals surface area contributed by atoms with Crippen LogP contribution in [0, 0.1) is 12.8 Å². The van der Waals surface area contributed by atoms with Gasteiger partial charge in [-0.3, -0.25) is 28.5 Å². The highest BCUT2D eigenvalue weighted by molar-refractivity contribution is 8.26. The van der Waals surface area contributed by atoms with Gasteiger partial charge in [-0.2, -0.15) is 0 Å². The number of aryl methyl sites for hydroxylation is 1. The number of aromatic nitrogens is 2. The molecule has 1 atom stereocenters. The molecule has 196 valence electrons. The third-order valence-electron chi connectivity index (χ3n) is 6.26. The fourth-order valence-electron chi connectivity index (χ4n) is 4.22.